The molecule has 1 rings (SSSR count). The summed E-state index contributed by atoms with van der Waals surface area (Å²) < 4.78 is 5.76. The molecule has 0 spiro atoms. The van der Waals surface area contributed by atoms with Crippen LogP contribution in [0.25, 0.3) is 0 Å². The van der Waals surface area contributed by atoms with Gasteiger partial charge in [0, 0.05) is 5.92 Å². The van der Waals surface area contributed by atoms with Crippen LogP contribution in [0.1, 0.15) is 24.8 Å². The van der Waals surface area contributed by atoms with E-state index in [1.54, 1.807) is 6.08 Å². The van der Waals surface area contributed by atoms with Gasteiger partial charge in [-0.1, -0.05) is 49.4 Å². The van der Waals surface area contributed by atoms with Crippen molar-refractivity contribution in [3.05, 3.63) is 61.2 Å². The molecule has 1 nitrogen and oxygen atoms in total. The Kier molecular flexibility index (Phi) is 5.58. The maximum Gasteiger partial charge on any atom is 0.0679 e. The van der Waals surface area contributed by atoms with Crippen LogP contribution < -0.4 is 0 Å². The molecule has 1 aromatic carbocycles. The van der Waals surface area contributed by atoms with Crippen molar-refractivity contribution in [3.63, 3.8) is 0 Å². The van der Waals surface area contributed by atoms with Crippen LogP contribution >= 0.6 is 0 Å². The molecule has 0 N–H and O–H groups in total. The minimum absolute atomic E-state index is 0.179. The SMILES string of the molecule is C=CCO[C@H](CC=C)[C@H](C)c1ccccc1. The number of rotatable bonds is 7. The molecule has 16 heavy (non-hydrogen) atoms. The summed E-state index contributed by atoms with van der Waals surface area (Å²) in [6.45, 7) is 10.2. The minimum atomic E-state index is 0.179. The van der Waals surface area contributed by atoms with Gasteiger partial charge in [0.15, 0.2) is 0 Å². The third-order valence-corrected chi connectivity index (χ3v) is 2.71. The molecule has 2 atom stereocenters. The van der Waals surface area contributed by atoms with Crippen molar-refractivity contribution in [1.82, 2.24) is 0 Å². The number of hydrogen-bond acceptors (Lipinski definition) is 1. The molecule has 0 fully saturated rings. The number of benzene rings is 1. The molecule has 0 aliphatic rings. The summed E-state index contributed by atoms with van der Waals surface area (Å²) in [5.74, 6) is 0.374. The third-order valence-electron chi connectivity index (χ3n) is 2.71. The fraction of sp³-hybridized carbons (Fsp3) is 0.333. The predicted octanol–water partition coefficient (Wildman–Crippen LogP) is 3.94. The Morgan fingerprint density at radius 2 is 1.88 bits per heavy atom. The quantitative estimate of drug-likeness (QED) is 0.627. The molecule has 0 bridgehead atoms. The van der Waals surface area contributed by atoms with E-state index in [0.717, 1.165) is 6.42 Å². The van der Waals surface area contributed by atoms with E-state index in [1.165, 1.54) is 5.56 Å². The van der Waals surface area contributed by atoms with E-state index >= 15 is 0 Å². The van der Waals surface area contributed by atoms with Gasteiger partial charge in [-0.3, -0.25) is 0 Å². The van der Waals surface area contributed by atoms with Crippen LogP contribution in [-0.4, -0.2) is 12.7 Å². The van der Waals surface area contributed by atoms with Gasteiger partial charge in [-0.15, -0.1) is 13.2 Å². The Bertz CT molecular complexity index is 315. The van der Waals surface area contributed by atoms with E-state index in [1.807, 2.05) is 12.1 Å². The summed E-state index contributed by atoms with van der Waals surface area (Å²) in [7, 11) is 0. The van der Waals surface area contributed by atoms with E-state index in [4.69, 9.17) is 4.74 Å². The molecule has 0 aliphatic heterocycles. The standard InChI is InChI=1S/C15H20O/c1-4-9-15(16-12-5-2)13(3)14-10-7-6-8-11-14/h4-8,10-11,13,15H,1-2,9,12H2,3H3/t13-,15-/m1/s1. The molecule has 0 saturated heterocycles. The van der Waals surface area contributed by atoms with Crippen LogP contribution in [-0.2, 0) is 4.74 Å². The second-order valence-electron chi connectivity index (χ2n) is 3.88. The summed E-state index contributed by atoms with van der Waals surface area (Å²) in [6.07, 6.45) is 4.74. The largest absolute Gasteiger partial charge is 0.373 e. The molecule has 0 aromatic heterocycles. The fourth-order valence-electron chi connectivity index (χ4n) is 1.74. The Morgan fingerprint density at radius 3 is 2.44 bits per heavy atom. The predicted molar refractivity (Wildman–Crippen MR) is 69.6 cm³/mol. The van der Waals surface area contributed by atoms with Gasteiger partial charge in [0.25, 0.3) is 0 Å². The van der Waals surface area contributed by atoms with Gasteiger partial charge in [-0.2, -0.15) is 0 Å². The van der Waals surface area contributed by atoms with Gasteiger partial charge in [0.05, 0.1) is 12.7 Å². The van der Waals surface area contributed by atoms with Crippen molar-refractivity contribution < 1.29 is 4.74 Å². The Balaban J connectivity index is 2.69. The summed E-state index contributed by atoms with van der Waals surface area (Å²) in [6, 6.07) is 10.4. The molecule has 0 radical (unpaired) electrons. The molecule has 86 valence electrons. The number of ether oxygens (including phenoxy) is 1. The lowest BCUT2D eigenvalue weighted by Gasteiger charge is -2.23. The first-order valence-electron chi connectivity index (χ1n) is 5.68. The maximum atomic E-state index is 5.76. The van der Waals surface area contributed by atoms with Crippen LogP contribution in [0, 0.1) is 0 Å². The fourth-order valence-corrected chi connectivity index (χ4v) is 1.74. The van der Waals surface area contributed by atoms with Crippen molar-refractivity contribution in [2.24, 2.45) is 0 Å². The Hall–Kier alpha value is -1.34. The molecule has 0 amide bonds. The highest BCUT2D eigenvalue weighted by molar-refractivity contribution is 5.20. The average Bonchev–Trinajstić information content (AvgIpc) is 2.35. The van der Waals surface area contributed by atoms with Crippen LogP contribution in [0.15, 0.2) is 55.6 Å². The zero-order valence-corrected chi connectivity index (χ0v) is 9.93. The second kappa shape index (κ2) is 7.02. The molecule has 0 saturated carbocycles. The van der Waals surface area contributed by atoms with Gasteiger partial charge < -0.3 is 4.74 Å². The average molecular weight is 216 g/mol. The molecular weight excluding hydrogens is 196 g/mol. The van der Waals surface area contributed by atoms with Crippen molar-refractivity contribution in [2.45, 2.75) is 25.4 Å². The Labute approximate surface area is 98.5 Å². The van der Waals surface area contributed by atoms with Crippen LogP contribution in [0.4, 0.5) is 0 Å². The van der Waals surface area contributed by atoms with Crippen molar-refractivity contribution in [3.8, 4) is 0 Å². The second-order valence-corrected chi connectivity index (χ2v) is 3.88. The zero-order chi connectivity index (χ0) is 11.8. The molecular formula is C15H20O. The zero-order valence-electron chi connectivity index (χ0n) is 9.93. The van der Waals surface area contributed by atoms with Crippen molar-refractivity contribution >= 4 is 0 Å². The number of hydrogen-bond donors (Lipinski definition) is 0. The first kappa shape index (κ1) is 12.7. The smallest absolute Gasteiger partial charge is 0.0679 e. The highest BCUT2D eigenvalue weighted by atomic mass is 16.5. The molecule has 0 heterocycles. The van der Waals surface area contributed by atoms with E-state index in [9.17, 15) is 0 Å². The molecule has 1 heteroatoms. The topological polar surface area (TPSA) is 9.23 Å². The molecule has 0 aliphatic carbocycles. The molecule has 0 unspecified atom stereocenters. The summed E-state index contributed by atoms with van der Waals surface area (Å²) in [4.78, 5) is 0. The van der Waals surface area contributed by atoms with Gasteiger partial charge in [0.1, 0.15) is 0 Å². The highest BCUT2D eigenvalue weighted by Crippen LogP contribution is 2.23. The van der Waals surface area contributed by atoms with Gasteiger partial charge in [-0.25, -0.2) is 0 Å². The van der Waals surface area contributed by atoms with Gasteiger partial charge >= 0.3 is 0 Å². The minimum Gasteiger partial charge on any atom is -0.373 e. The normalized spacial score (nSPS) is 14.1. The van der Waals surface area contributed by atoms with Crippen molar-refractivity contribution in [1.29, 1.82) is 0 Å². The maximum absolute atomic E-state index is 5.76. The first-order valence-corrected chi connectivity index (χ1v) is 5.68. The van der Waals surface area contributed by atoms with E-state index in [0.29, 0.717) is 12.5 Å². The van der Waals surface area contributed by atoms with Crippen molar-refractivity contribution in [2.75, 3.05) is 6.61 Å². The van der Waals surface area contributed by atoms with Crippen LogP contribution in [0.2, 0.25) is 0 Å². The van der Waals surface area contributed by atoms with Crippen LogP contribution in [0.3, 0.4) is 0 Å². The van der Waals surface area contributed by atoms with E-state index in [-0.39, 0.29) is 6.10 Å². The third kappa shape index (κ3) is 3.67. The lowest BCUT2D eigenvalue weighted by atomic mass is 9.93. The first-order chi connectivity index (χ1) is 7.79. The summed E-state index contributed by atoms with van der Waals surface area (Å²) in [5.41, 5.74) is 1.30. The van der Waals surface area contributed by atoms with Crippen LogP contribution in [0.5, 0.6) is 0 Å². The Morgan fingerprint density at radius 1 is 1.19 bits per heavy atom. The summed E-state index contributed by atoms with van der Waals surface area (Å²) in [5, 5.41) is 0. The van der Waals surface area contributed by atoms with Gasteiger partial charge in [-0.05, 0) is 12.0 Å². The summed E-state index contributed by atoms with van der Waals surface area (Å²) >= 11 is 0. The van der Waals surface area contributed by atoms with Gasteiger partial charge in [0.2, 0.25) is 0 Å². The van der Waals surface area contributed by atoms with E-state index < -0.39 is 0 Å². The highest BCUT2D eigenvalue weighted by Gasteiger charge is 2.17. The monoisotopic (exact) mass is 216 g/mol. The lowest BCUT2D eigenvalue weighted by Crippen LogP contribution is -2.20. The van der Waals surface area contributed by atoms with E-state index in [2.05, 4.69) is 44.3 Å². The lowest BCUT2D eigenvalue weighted by molar-refractivity contribution is 0.0596. The molecule has 1 aromatic rings.